The van der Waals surface area contributed by atoms with Gasteiger partial charge < -0.3 is 28.8 Å². The minimum absolute atomic E-state index is 0.00742. The summed E-state index contributed by atoms with van der Waals surface area (Å²) in [6.45, 7) is 8.94. The lowest BCUT2D eigenvalue weighted by atomic mass is 10.1. The summed E-state index contributed by atoms with van der Waals surface area (Å²) in [7, 11) is 1.58. The van der Waals surface area contributed by atoms with Crippen molar-refractivity contribution in [1.82, 2.24) is 20.3 Å². The zero-order valence-electron chi connectivity index (χ0n) is 21.7. The van der Waals surface area contributed by atoms with Gasteiger partial charge in [0.25, 0.3) is 0 Å². The van der Waals surface area contributed by atoms with Crippen LogP contribution in [0.3, 0.4) is 0 Å². The van der Waals surface area contributed by atoms with Gasteiger partial charge in [-0.3, -0.25) is 0 Å². The van der Waals surface area contributed by atoms with E-state index in [0.717, 1.165) is 41.1 Å². The fourth-order valence-electron chi connectivity index (χ4n) is 4.40. The van der Waals surface area contributed by atoms with Crippen molar-refractivity contribution in [2.24, 2.45) is 0 Å². The molecule has 10 heteroatoms. The number of benzene rings is 1. The number of anilines is 1. The lowest BCUT2D eigenvalue weighted by molar-refractivity contribution is 0.0507. The van der Waals surface area contributed by atoms with Crippen LogP contribution in [-0.2, 0) is 9.47 Å². The number of aryl methyl sites for hydroxylation is 1. The first kappa shape index (κ1) is 24.8. The molecule has 1 fully saturated rings. The molecule has 10 nitrogen and oxygen atoms in total. The van der Waals surface area contributed by atoms with E-state index in [-0.39, 0.29) is 12.8 Å². The summed E-state index contributed by atoms with van der Waals surface area (Å²) in [6, 6.07) is 11.5. The van der Waals surface area contributed by atoms with Crippen molar-refractivity contribution < 1.29 is 23.4 Å². The Balaban J connectivity index is 1.36. The van der Waals surface area contributed by atoms with E-state index in [1.54, 1.807) is 7.11 Å². The van der Waals surface area contributed by atoms with Gasteiger partial charge in [-0.15, -0.1) is 0 Å². The molecule has 5 rings (SSSR count). The number of amides is 1. The first-order valence-electron chi connectivity index (χ1n) is 12.2. The van der Waals surface area contributed by atoms with Crippen molar-refractivity contribution in [3.8, 4) is 17.0 Å². The summed E-state index contributed by atoms with van der Waals surface area (Å²) in [4.78, 5) is 28.4. The van der Waals surface area contributed by atoms with Crippen LogP contribution in [0.2, 0.25) is 0 Å². The summed E-state index contributed by atoms with van der Waals surface area (Å²) >= 11 is 0. The van der Waals surface area contributed by atoms with Gasteiger partial charge in [-0.1, -0.05) is 0 Å². The number of carbonyl (C=O) groups excluding carboxylic acids is 1. The smallest absolute Gasteiger partial charge is 0.407 e. The first-order chi connectivity index (χ1) is 17.7. The van der Waals surface area contributed by atoms with Gasteiger partial charge in [-0.2, -0.15) is 0 Å². The van der Waals surface area contributed by atoms with Gasteiger partial charge in [0, 0.05) is 38.8 Å². The summed E-state index contributed by atoms with van der Waals surface area (Å²) < 4.78 is 22.0. The van der Waals surface area contributed by atoms with Crippen molar-refractivity contribution in [1.29, 1.82) is 0 Å². The SMILES string of the molecule is COCOc1cc2nc(C)oc2cc1-c1ccc2nc(N3CCC(NC(=O)OC(C)(C)C)C3)ccc2n1. The van der Waals surface area contributed by atoms with Crippen LogP contribution in [0.15, 0.2) is 40.8 Å². The molecular weight excluding hydrogens is 474 g/mol. The summed E-state index contributed by atoms with van der Waals surface area (Å²) in [5.74, 6) is 2.04. The fraction of sp³-hybridized carbons (Fsp3) is 0.407. The van der Waals surface area contributed by atoms with Gasteiger partial charge in [-0.25, -0.2) is 19.7 Å². The summed E-state index contributed by atoms with van der Waals surface area (Å²) in [5.41, 5.74) is 3.90. The highest BCUT2D eigenvalue weighted by atomic mass is 16.7. The molecule has 4 aromatic rings. The molecule has 1 amide bonds. The number of hydrogen-bond acceptors (Lipinski definition) is 9. The van der Waals surface area contributed by atoms with Crippen molar-refractivity contribution in [3.05, 3.63) is 42.3 Å². The van der Waals surface area contributed by atoms with E-state index < -0.39 is 11.7 Å². The number of alkyl carbamates (subject to hydrolysis) is 1. The maximum atomic E-state index is 12.1. The molecule has 0 radical (unpaired) electrons. The Morgan fingerprint density at radius 2 is 1.89 bits per heavy atom. The Morgan fingerprint density at radius 3 is 2.68 bits per heavy atom. The fourth-order valence-corrected chi connectivity index (χ4v) is 4.40. The van der Waals surface area contributed by atoms with Crippen molar-refractivity contribution in [2.45, 2.75) is 45.8 Å². The second-order valence-electron chi connectivity index (χ2n) is 10.1. The number of oxazole rings is 1. The third kappa shape index (κ3) is 5.59. The number of methoxy groups -OCH3 is 1. The van der Waals surface area contributed by atoms with E-state index in [4.69, 9.17) is 28.6 Å². The van der Waals surface area contributed by atoms with E-state index in [1.165, 1.54) is 0 Å². The van der Waals surface area contributed by atoms with Crippen LogP contribution in [0.1, 0.15) is 33.1 Å². The number of ether oxygens (including phenoxy) is 3. The van der Waals surface area contributed by atoms with Gasteiger partial charge >= 0.3 is 6.09 Å². The highest BCUT2D eigenvalue weighted by molar-refractivity contribution is 5.86. The summed E-state index contributed by atoms with van der Waals surface area (Å²) in [5, 5.41) is 2.96. The van der Waals surface area contributed by atoms with Gasteiger partial charge in [0.05, 0.1) is 22.8 Å². The van der Waals surface area contributed by atoms with Crippen LogP contribution in [0, 0.1) is 6.92 Å². The molecule has 194 valence electrons. The van der Waals surface area contributed by atoms with Crippen LogP contribution in [0.25, 0.3) is 33.4 Å². The van der Waals surface area contributed by atoms with Gasteiger partial charge in [0.15, 0.2) is 18.3 Å². The van der Waals surface area contributed by atoms with Crippen molar-refractivity contribution >= 4 is 34.0 Å². The Bertz CT molecular complexity index is 1440. The summed E-state index contributed by atoms with van der Waals surface area (Å²) in [6.07, 6.45) is 0.430. The van der Waals surface area contributed by atoms with Crippen LogP contribution in [0.4, 0.5) is 10.6 Å². The number of nitrogens with one attached hydrogen (secondary N) is 1. The zero-order valence-corrected chi connectivity index (χ0v) is 21.7. The quantitative estimate of drug-likeness (QED) is 0.368. The molecule has 1 aliphatic heterocycles. The number of rotatable bonds is 6. The Morgan fingerprint density at radius 1 is 1.11 bits per heavy atom. The van der Waals surface area contributed by atoms with Crippen molar-refractivity contribution in [2.75, 3.05) is 31.9 Å². The van der Waals surface area contributed by atoms with Crippen molar-refractivity contribution in [3.63, 3.8) is 0 Å². The predicted octanol–water partition coefficient (Wildman–Crippen LogP) is 4.83. The second-order valence-corrected chi connectivity index (χ2v) is 10.1. The number of fused-ring (bicyclic) bond motifs is 2. The van der Waals surface area contributed by atoms with Gasteiger partial charge in [0.2, 0.25) is 0 Å². The lowest BCUT2D eigenvalue weighted by Gasteiger charge is -2.22. The minimum Gasteiger partial charge on any atom is -0.467 e. The highest BCUT2D eigenvalue weighted by Crippen LogP contribution is 2.34. The normalized spacial score (nSPS) is 15.9. The molecule has 0 saturated carbocycles. The number of pyridine rings is 2. The third-order valence-corrected chi connectivity index (χ3v) is 5.97. The van der Waals surface area contributed by atoms with Crippen LogP contribution in [-0.4, -0.2) is 59.7 Å². The molecule has 1 saturated heterocycles. The molecule has 1 aromatic carbocycles. The molecule has 0 bridgehead atoms. The third-order valence-electron chi connectivity index (χ3n) is 5.97. The Labute approximate surface area is 214 Å². The van der Waals surface area contributed by atoms with Crippen LogP contribution < -0.4 is 15.0 Å². The Kier molecular flexibility index (Phi) is 6.59. The standard InChI is InChI=1S/C27H31N5O5/c1-16-28-22-13-23(35-15-34-5)18(12-24(22)36-16)19-6-7-21-20(30-19)8-9-25(31-21)32-11-10-17(14-32)29-26(33)37-27(2,3)4/h6-9,12-13,17H,10-11,14-15H2,1-5H3,(H,29,33). The molecule has 1 atom stereocenters. The zero-order chi connectivity index (χ0) is 26.2. The Hall–Kier alpha value is -3.92. The first-order valence-corrected chi connectivity index (χ1v) is 12.2. The molecule has 37 heavy (non-hydrogen) atoms. The maximum Gasteiger partial charge on any atom is 0.407 e. The van der Waals surface area contributed by atoms with E-state index in [9.17, 15) is 4.79 Å². The molecule has 0 aliphatic carbocycles. The maximum absolute atomic E-state index is 12.1. The molecule has 1 unspecified atom stereocenters. The molecular formula is C27H31N5O5. The monoisotopic (exact) mass is 505 g/mol. The van der Waals surface area contributed by atoms with E-state index >= 15 is 0 Å². The lowest BCUT2D eigenvalue weighted by Crippen LogP contribution is -2.40. The molecule has 3 aromatic heterocycles. The van der Waals surface area contributed by atoms with Gasteiger partial charge in [0.1, 0.15) is 22.7 Å². The molecule has 0 spiro atoms. The van der Waals surface area contributed by atoms with Gasteiger partial charge in [-0.05, 0) is 57.5 Å². The molecule has 1 N–H and O–H groups in total. The number of hydrogen-bond donors (Lipinski definition) is 1. The molecule has 1 aliphatic rings. The average molecular weight is 506 g/mol. The average Bonchev–Trinajstić information content (AvgIpc) is 3.45. The largest absolute Gasteiger partial charge is 0.467 e. The number of aromatic nitrogens is 3. The number of nitrogens with zero attached hydrogens (tertiary/aromatic N) is 4. The van der Waals surface area contributed by atoms with Crippen LogP contribution >= 0.6 is 0 Å². The highest BCUT2D eigenvalue weighted by Gasteiger charge is 2.27. The van der Waals surface area contributed by atoms with Crippen LogP contribution in [0.5, 0.6) is 5.75 Å². The van der Waals surface area contributed by atoms with E-state index in [2.05, 4.69) is 15.2 Å². The second kappa shape index (κ2) is 9.85. The topological polar surface area (TPSA) is 112 Å². The number of carbonyl (C=O) groups is 1. The minimum atomic E-state index is -0.523. The van der Waals surface area contributed by atoms with E-state index in [1.807, 2.05) is 64.1 Å². The predicted molar refractivity (Wildman–Crippen MR) is 140 cm³/mol. The molecule has 4 heterocycles. The van der Waals surface area contributed by atoms with E-state index in [0.29, 0.717) is 29.3 Å².